The summed E-state index contributed by atoms with van der Waals surface area (Å²) in [7, 11) is 0. The Bertz CT molecular complexity index is 700. The first-order valence-corrected chi connectivity index (χ1v) is 6.89. The average Bonchev–Trinajstić information content (AvgIpc) is 3.13. The first-order valence-electron chi connectivity index (χ1n) is 6.89. The summed E-state index contributed by atoms with van der Waals surface area (Å²) in [5.74, 6) is -0.200. The summed E-state index contributed by atoms with van der Waals surface area (Å²) in [6.45, 7) is 0. The van der Waals surface area contributed by atoms with Crippen molar-refractivity contribution in [3.63, 3.8) is 0 Å². The number of oxime groups is 1. The van der Waals surface area contributed by atoms with Crippen LogP contribution in [0.5, 0.6) is 0 Å². The monoisotopic (exact) mass is 287 g/mol. The molecule has 0 unspecified atom stereocenters. The van der Waals surface area contributed by atoms with Gasteiger partial charge in [-0.1, -0.05) is 24.1 Å². The molecule has 0 aliphatic heterocycles. The maximum atomic E-state index is 12.5. The fraction of sp³-hybridized carbons (Fsp3) is 0.357. The molecule has 1 amide bonds. The molecule has 7 nitrogen and oxygen atoms in total. The maximum absolute atomic E-state index is 12.5. The van der Waals surface area contributed by atoms with Gasteiger partial charge < -0.3 is 16.3 Å². The number of pyridine rings is 1. The molecule has 0 atom stereocenters. The summed E-state index contributed by atoms with van der Waals surface area (Å²) < 4.78 is 1.64. The number of aromatic nitrogens is 2. The van der Waals surface area contributed by atoms with E-state index >= 15 is 0 Å². The first kappa shape index (κ1) is 13.4. The van der Waals surface area contributed by atoms with Gasteiger partial charge in [0.1, 0.15) is 5.54 Å². The Kier molecular flexibility index (Phi) is 3.25. The van der Waals surface area contributed by atoms with Crippen LogP contribution in [0.15, 0.2) is 35.7 Å². The molecule has 4 N–H and O–H groups in total. The van der Waals surface area contributed by atoms with E-state index in [1.165, 1.54) is 6.20 Å². The SMILES string of the molecule is N/C(=N/O)C1(NC(=O)c2cnn3ccccc23)CCCC1. The van der Waals surface area contributed by atoms with Gasteiger partial charge in [-0.25, -0.2) is 4.52 Å². The summed E-state index contributed by atoms with van der Waals surface area (Å²) in [6, 6.07) is 5.52. The fourth-order valence-electron chi connectivity index (χ4n) is 2.91. The largest absolute Gasteiger partial charge is 0.409 e. The lowest BCUT2D eigenvalue weighted by Crippen LogP contribution is -2.55. The number of rotatable bonds is 3. The van der Waals surface area contributed by atoms with Gasteiger partial charge in [-0.05, 0) is 25.0 Å². The zero-order chi connectivity index (χ0) is 14.9. The zero-order valence-electron chi connectivity index (χ0n) is 11.5. The van der Waals surface area contributed by atoms with Crippen molar-refractivity contribution in [3.05, 3.63) is 36.2 Å². The highest BCUT2D eigenvalue weighted by Gasteiger charge is 2.40. The third-order valence-electron chi connectivity index (χ3n) is 4.08. The Labute approximate surface area is 121 Å². The van der Waals surface area contributed by atoms with Crippen LogP contribution >= 0.6 is 0 Å². The van der Waals surface area contributed by atoms with Crippen LogP contribution in [0, 0.1) is 0 Å². The van der Waals surface area contributed by atoms with Crippen LogP contribution in [0.2, 0.25) is 0 Å². The molecule has 3 rings (SSSR count). The molecule has 2 aromatic heterocycles. The number of hydrogen-bond acceptors (Lipinski definition) is 4. The van der Waals surface area contributed by atoms with E-state index in [0.29, 0.717) is 18.4 Å². The summed E-state index contributed by atoms with van der Waals surface area (Å²) in [5, 5.41) is 19.1. The lowest BCUT2D eigenvalue weighted by atomic mass is 9.95. The number of carbonyl (C=O) groups is 1. The van der Waals surface area contributed by atoms with E-state index < -0.39 is 5.54 Å². The Balaban J connectivity index is 1.92. The van der Waals surface area contributed by atoms with Crippen molar-refractivity contribution in [2.75, 3.05) is 0 Å². The number of nitrogens with one attached hydrogen (secondary N) is 1. The topological polar surface area (TPSA) is 105 Å². The molecule has 0 radical (unpaired) electrons. The molecule has 0 aromatic carbocycles. The second-order valence-electron chi connectivity index (χ2n) is 5.32. The molecular weight excluding hydrogens is 270 g/mol. The lowest BCUT2D eigenvalue weighted by Gasteiger charge is -2.28. The van der Waals surface area contributed by atoms with Gasteiger partial charge in [-0.15, -0.1) is 0 Å². The summed E-state index contributed by atoms with van der Waals surface area (Å²) in [6.07, 6.45) is 6.53. The van der Waals surface area contributed by atoms with Crippen molar-refractivity contribution in [1.82, 2.24) is 14.9 Å². The van der Waals surface area contributed by atoms with Gasteiger partial charge in [0.05, 0.1) is 17.3 Å². The molecule has 21 heavy (non-hydrogen) atoms. The van der Waals surface area contributed by atoms with E-state index in [9.17, 15) is 4.79 Å². The minimum atomic E-state index is -0.755. The summed E-state index contributed by atoms with van der Waals surface area (Å²) in [4.78, 5) is 12.5. The molecule has 0 spiro atoms. The molecule has 2 aromatic rings. The van der Waals surface area contributed by atoms with Gasteiger partial charge in [-0.2, -0.15) is 5.10 Å². The number of nitrogens with zero attached hydrogens (tertiary/aromatic N) is 3. The predicted octanol–water partition coefficient (Wildman–Crippen LogP) is 1.12. The van der Waals surface area contributed by atoms with Gasteiger partial charge in [0, 0.05) is 6.20 Å². The number of amidine groups is 1. The quantitative estimate of drug-likeness (QED) is 0.340. The second kappa shape index (κ2) is 5.08. The number of carbonyl (C=O) groups excluding carboxylic acids is 1. The molecule has 7 heteroatoms. The molecular formula is C14H17N5O2. The molecule has 0 saturated heterocycles. The van der Waals surface area contributed by atoms with Crippen molar-refractivity contribution >= 4 is 17.3 Å². The Morgan fingerprint density at radius 2 is 2.19 bits per heavy atom. The minimum absolute atomic E-state index is 0.0600. The van der Waals surface area contributed by atoms with Crippen molar-refractivity contribution in [3.8, 4) is 0 Å². The van der Waals surface area contributed by atoms with Crippen LogP contribution in [0.1, 0.15) is 36.0 Å². The number of amides is 1. The van der Waals surface area contributed by atoms with Crippen LogP contribution in [0.3, 0.4) is 0 Å². The maximum Gasteiger partial charge on any atom is 0.255 e. The highest BCUT2D eigenvalue weighted by atomic mass is 16.4. The van der Waals surface area contributed by atoms with Crippen LogP contribution < -0.4 is 11.1 Å². The predicted molar refractivity (Wildman–Crippen MR) is 77.3 cm³/mol. The number of nitrogens with two attached hydrogens (primary N) is 1. The van der Waals surface area contributed by atoms with Crippen LogP contribution in [0.25, 0.3) is 5.52 Å². The number of fused-ring (bicyclic) bond motifs is 1. The van der Waals surface area contributed by atoms with Gasteiger partial charge in [-0.3, -0.25) is 4.79 Å². The third-order valence-corrected chi connectivity index (χ3v) is 4.08. The van der Waals surface area contributed by atoms with Gasteiger partial charge in [0.25, 0.3) is 5.91 Å². The summed E-state index contributed by atoms with van der Waals surface area (Å²) in [5.41, 5.74) is 6.24. The van der Waals surface area contributed by atoms with E-state index in [4.69, 9.17) is 10.9 Å². The van der Waals surface area contributed by atoms with E-state index in [1.54, 1.807) is 10.7 Å². The van der Waals surface area contributed by atoms with Gasteiger partial charge in [0.2, 0.25) is 0 Å². The molecule has 1 fully saturated rings. The van der Waals surface area contributed by atoms with Crippen molar-refractivity contribution in [2.45, 2.75) is 31.2 Å². The molecule has 0 bridgehead atoms. The highest BCUT2D eigenvalue weighted by molar-refractivity contribution is 6.04. The lowest BCUT2D eigenvalue weighted by molar-refractivity contribution is 0.0924. The van der Waals surface area contributed by atoms with E-state index in [1.807, 2.05) is 18.2 Å². The first-order chi connectivity index (χ1) is 10.2. The summed E-state index contributed by atoms with van der Waals surface area (Å²) >= 11 is 0. The fourth-order valence-corrected chi connectivity index (χ4v) is 2.91. The van der Waals surface area contributed by atoms with E-state index in [-0.39, 0.29) is 11.7 Å². The second-order valence-corrected chi connectivity index (χ2v) is 5.32. The Morgan fingerprint density at radius 3 is 2.90 bits per heavy atom. The normalized spacial score (nSPS) is 18.0. The Morgan fingerprint density at radius 1 is 1.43 bits per heavy atom. The average molecular weight is 287 g/mol. The molecule has 1 aliphatic rings. The van der Waals surface area contributed by atoms with Crippen molar-refractivity contribution < 1.29 is 10.0 Å². The van der Waals surface area contributed by atoms with E-state index in [2.05, 4.69) is 15.6 Å². The van der Waals surface area contributed by atoms with Crippen LogP contribution in [-0.4, -0.2) is 32.1 Å². The molecule has 2 heterocycles. The van der Waals surface area contributed by atoms with Crippen LogP contribution in [-0.2, 0) is 0 Å². The third kappa shape index (κ3) is 2.20. The highest BCUT2D eigenvalue weighted by Crippen LogP contribution is 2.30. The van der Waals surface area contributed by atoms with Crippen molar-refractivity contribution in [2.24, 2.45) is 10.9 Å². The standard InChI is InChI=1S/C14H17N5O2/c15-13(18-21)14(6-2-3-7-14)17-12(20)10-9-16-19-8-4-1-5-11(10)19/h1,4-5,8-9,21H,2-3,6-7H2,(H2,15,18)(H,17,20). The minimum Gasteiger partial charge on any atom is -0.409 e. The Hall–Kier alpha value is -2.57. The van der Waals surface area contributed by atoms with Gasteiger partial charge >= 0.3 is 0 Å². The van der Waals surface area contributed by atoms with Crippen molar-refractivity contribution in [1.29, 1.82) is 0 Å². The smallest absolute Gasteiger partial charge is 0.255 e. The zero-order valence-corrected chi connectivity index (χ0v) is 11.5. The van der Waals surface area contributed by atoms with E-state index in [0.717, 1.165) is 18.4 Å². The molecule has 110 valence electrons. The molecule has 1 saturated carbocycles. The van der Waals surface area contributed by atoms with Crippen LogP contribution in [0.4, 0.5) is 0 Å². The van der Waals surface area contributed by atoms with Gasteiger partial charge in [0.15, 0.2) is 5.84 Å². The number of hydrogen-bond donors (Lipinski definition) is 3. The molecule has 1 aliphatic carbocycles.